The number of fused-ring (bicyclic) bond motifs is 4. The number of unbranched alkanes of at least 4 members (excludes halogenated alkanes) is 1. The van der Waals surface area contributed by atoms with E-state index in [1.54, 1.807) is 0 Å². The average Bonchev–Trinajstić information content (AvgIpc) is 3.29. The molecule has 0 aliphatic heterocycles. The second-order valence-corrected chi connectivity index (χ2v) is 7.05. The molecule has 1 unspecified atom stereocenters. The summed E-state index contributed by atoms with van der Waals surface area (Å²) >= 11 is 0. The largest absolute Gasteiger partial charge is 0.317 e. The Hall–Kier alpha value is -3.14. The Labute approximate surface area is 158 Å². The SMILES string of the molecule is CCCCC(n1nnc2ccccc21)n1c2ccccc2c2ccccc21. The van der Waals surface area contributed by atoms with Crippen LogP contribution < -0.4 is 0 Å². The lowest BCUT2D eigenvalue weighted by Gasteiger charge is -2.22. The second-order valence-electron chi connectivity index (χ2n) is 7.05. The van der Waals surface area contributed by atoms with E-state index < -0.39 is 0 Å². The zero-order chi connectivity index (χ0) is 18.2. The molecule has 5 rings (SSSR count). The van der Waals surface area contributed by atoms with Crippen molar-refractivity contribution in [1.29, 1.82) is 0 Å². The first-order valence-electron chi connectivity index (χ1n) is 9.66. The molecule has 0 saturated carbocycles. The molecule has 27 heavy (non-hydrogen) atoms. The van der Waals surface area contributed by atoms with E-state index in [-0.39, 0.29) is 6.17 Å². The van der Waals surface area contributed by atoms with Crippen LogP contribution in [0.1, 0.15) is 32.4 Å². The van der Waals surface area contributed by atoms with Crippen molar-refractivity contribution >= 4 is 32.8 Å². The first-order chi connectivity index (χ1) is 13.4. The van der Waals surface area contributed by atoms with Crippen molar-refractivity contribution in [2.75, 3.05) is 0 Å². The highest BCUT2D eigenvalue weighted by Crippen LogP contribution is 2.34. The summed E-state index contributed by atoms with van der Waals surface area (Å²) in [5.74, 6) is 0. The van der Waals surface area contributed by atoms with Gasteiger partial charge in [0, 0.05) is 10.8 Å². The first-order valence-corrected chi connectivity index (χ1v) is 9.66. The van der Waals surface area contributed by atoms with Crippen molar-refractivity contribution in [3.63, 3.8) is 0 Å². The topological polar surface area (TPSA) is 35.6 Å². The van der Waals surface area contributed by atoms with Gasteiger partial charge in [-0.15, -0.1) is 5.10 Å². The Bertz CT molecular complexity index is 1180. The Morgan fingerprint density at radius 2 is 1.37 bits per heavy atom. The summed E-state index contributed by atoms with van der Waals surface area (Å²) in [5, 5.41) is 11.6. The van der Waals surface area contributed by atoms with Crippen molar-refractivity contribution in [3.8, 4) is 0 Å². The second kappa shape index (κ2) is 6.54. The van der Waals surface area contributed by atoms with Crippen molar-refractivity contribution < 1.29 is 0 Å². The molecule has 0 saturated heterocycles. The number of aromatic nitrogens is 4. The molecule has 3 aromatic carbocycles. The molecule has 0 amide bonds. The van der Waals surface area contributed by atoms with E-state index in [0.717, 1.165) is 30.3 Å². The van der Waals surface area contributed by atoms with Gasteiger partial charge in [-0.1, -0.05) is 67.1 Å². The average molecular weight is 354 g/mol. The predicted molar refractivity (Wildman–Crippen MR) is 111 cm³/mol. The van der Waals surface area contributed by atoms with Crippen molar-refractivity contribution in [3.05, 3.63) is 72.8 Å². The molecule has 0 N–H and O–H groups in total. The normalized spacial score (nSPS) is 12.9. The molecule has 0 spiro atoms. The molecule has 0 radical (unpaired) electrons. The third-order valence-corrected chi connectivity index (χ3v) is 5.39. The highest BCUT2D eigenvalue weighted by molar-refractivity contribution is 6.08. The van der Waals surface area contributed by atoms with Gasteiger partial charge in [0.2, 0.25) is 0 Å². The standard InChI is InChI=1S/C23H22N4/c1-2-3-16-23(27-22-15-9-6-12-19(22)24-25-27)26-20-13-7-4-10-17(20)18-11-5-8-14-21(18)26/h4-15,23H,2-3,16H2,1H3. The maximum absolute atomic E-state index is 4.56. The molecular formula is C23H22N4. The fourth-order valence-corrected chi connectivity index (χ4v) is 4.13. The van der Waals surface area contributed by atoms with Crippen molar-refractivity contribution in [1.82, 2.24) is 19.6 Å². The van der Waals surface area contributed by atoms with Gasteiger partial charge in [0.15, 0.2) is 0 Å². The molecule has 0 fully saturated rings. The van der Waals surface area contributed by atoms with Gasteiger partial charge in [-0.2, -0.15) is 0 Å². The quantitative estimate of drug-likeness (QED) is 0.401. The Morgan fingerprint density at radius 1 is 0.778 bits per heavy atom. The van der Waals surface area contributed by atoms with Crippen LogP contribution in [0.3, 0.4) is 0 Å². The molecule has 4 nitrogen and oxygen atoms in total. The van der Waals surface area contributed by atoms with E-state index in [1.165, 1.54) is 21.8 Å². The smallest absolute Gasteiger partial charge is 0.129 e. The van der Waals surface area contributed by atoms with E-state index in [4.69, 9.17) is 0 Å². The predicted octanol–water partition coefficient (Wildman–Crippen LogP) is 5.78. The fraction of sp³-hybridized carbons (Fsp3) is 0.217. The number of para-hydroxylation sites is 3. The molecule has 5 aromatic rings. The van der Waals surface area contributed by atoms with Crippen LogP contribution >= 0.6 is 0 Å². The van der Waals surface area contributed by atoms with Gasteiger partial charge in [0.25, 0.3) is 0 Å². The number of nitrogens with zero attached hydrogens (tertiary/aromatic N) is 4. The molecule has 134 valence electrons. The van der Waals surface area contributed by atoms with E-state index in [9.17, 15) is 0 Å². The lowest BCUT2D eigenvalue weighted by atomic mass is 10.2. The van der Waals surface area contributed by atoms with E-state index in [0.29, 0.717) is 0 Å². The van der Waals surface area contributed by atoms with Gasteiger partial charge in [-0.3, -0.25) is 0 Å². The number of hydrogen-bond acceptors (Lipinski definition) is 2. The van der Waals surface area contributed by atoms with Crippen LogP contribution in [0.15, 0.2) is 72.8 Å². The highest BCUT2D eigenvalue weighted by Gasteiger charge is 2.21. The molecule has 0 aliphatic rings. The summed E-state index contributed by atoms with van der Waals surface area (Å²) in [6.07, 6.45) is 3.41. The molecule has 0 bridgehead atoms. The van der Waals surface area contributed by atoms with Crippen LogP contribution in [0.4, 0.5) is 0 Å². The number of benzene rings is 3. The Morgan fingerprint density at radius 3 is 2.04 bits per heavy atom. The zero-order valence-electron chi connectivity index (χ0n) is 15.4. The third-order valence-electron chi connectivity index (χ3n) is 5.39. The molecule has 4 heteroatoms. The molecular weight excluding hydrogens is 332 g/mol. The van der Waals surface area contributed by atoms with Crippen molar-refractivity contribution in [2.24, 2.45) is 0 Å². The zero-order valence-corrected chi connectivity index (χ0v) is 15.4. The molecule has 0 aliphatic carbocycles. The summed E-state index contributed by atoms with van der Waals surface area (Å²) in [5.41, 5.74) is 4.53. The summed E-state index contributed by atoms with van der Waals surface area (Å²) in [6.45, 7) is 2.24. The van der Waals surface area contributed by atoms with Gasteiger partial charge in [-0.05, 0) is 37.1 Å². The van der Waals surface area contributed by atoms with Crippen LogP contribution in [0.5, 0.6) is 0 Å². The third kappa shape index (κ3) is 2.52. The lowest BCUT2D eigenvalue weighted by molar-refractivity contribution is 0.377. The summed E-state index contributed by atoms with van der Waals surface area (Å²) in [4.78, 5) is 0. The van der Waals surface area contributed by atoms with E-state index in [1.807, 2.05) is 12.1 Å². The van der Waals surface area contributed by atoms with E-state index in [2.05, 4.69) is 87.1 Å². The van der Waals surface area contributed by atoms with Crippen molar-refractivity contribution in [2.45, 2.75) is 32.4 Å². The van der Waals surface area contributed by atoms with Crippen LogP contribution in [0, 0.1) is 0 Å². The summed E-state index contributed by atoms with van der Waals surface area (Å²) < 4.78 is 4.55. The first kappa shape index (κ1) is 16.1. The monoisotopic (exact) mass is 354 g/mol. The van der Waals surface area contributed by atoms with Crippen LogP contribution in [0.25, 0.3) is 32.8 Å². The van der Waals surface area contributed by atoms with E-state index >= 15 is 0 Å². The van der Waals surface area contributed by atoms with Crippen LogP contribution in [-0.4, -0.2) is 19.6 Å². The highest BCUT2D eigenvalue weighted by atomic mass is 15.5. The maximum Gasteiger partial charge on any atom is 0.129 e. The fourth-order valence-electron chi connectivity index (χ4n) is 4.13. The Balaban J connectivity index is 1.82. The van der Waals surface area contributed by atoms with Crippen LogP contribution in [-0.2, 0) is 0 Å². The minimum absolute atomic E-state index is 0.0992. The van der Waals surface area contributed by atoms with Gasteiger partial charge >= 0.3 is 0 Å². The van der Waals surface area contributed by atoms with Gasteiger partial charge in [0.05, 0.1) is 16.6 Å². The maximum atomic E-state index is 4.56. The molecule has 2 aromatic heterocycles. The summed E-state index contributed by atoms with van der Waals surface area (Å²) in [7, 11) is 0. The molecule has 2 heterocycles. The van der Waals surface area contributed by atoms with Gasteiger partial charge < -0.3 is 4.57 Å². The minimum Gasteiger partial charge on any atom is -0.317 e. The van der Waals surface area contributed by atoms with Crippen LogP contribution in [0.2, 0.25) is 0 Å². The minimum atomic E-state index is 0.0992. The Kier molecular flexibility index (Phi) is 3.89. The number of rotatable bonds is 5. The van der Waals surface area contributed by atoms with Gasteiger partial charge in [-0.25, -0.2) is 4.68 Å². The summed E-state index contributed by atoms with van der Waals surface area (Å²) in [6, 6.07) is 25.5. The molecule has 1 atom stereocenters. The number of hydrogen-bond donors (Lipinski definition) is 0. The lowest BCUT2D eigenvalue weighted by Crippen LogP contribution is -2.19. The van der Waals surface area contributed by atoms with Gasteiger partial charge in [0.1, 0.15) is 11.7 Å².